The minimum Gasteiger partial charge on any atom is -0.444 e. The maximum atomic E-state index is 11.5. The molecule has 140 valence electrons. The summed E-state index contributed by atoms with van der Waals surface area (Å²) in [4.78, 5) is 26.7. The Bertz CT molecular complexity index is 468. The first-order valence-corrected chi connectivity index (χ1v) is 9.38. The van der Waals surface area contributed by atoms with Crippen molar-refractivity contribution in [3.8, 4) is 0 Å². The number of nitrogens with one attached hydrogen (secondary N) is 2. The molecule has 0 saturated carbocycles. The van der Waals surface area contributed by atoms with E-state index in [0.717, 1.165) is 11.8 Å². The maximum absolute atomic E-state index is 11.5. The maximum Gasteiger partial charge on any atom is 0.436 e. The van der Waals surface area contributed by atoms with Crippen LogP contribution in [0.4, 0.5) is 9.59 Å². The summed E-state index contributed by atoms with van der Waals surface area (Å²) >= 11 is 2.36. The van der Waals surface area contributed by atoms with Gasteiger partial charge in [-0.15, -0.1) is 0 Å². The number of carbonyl (C=O) groups excluding carboxylic acids is 2. The molecule has 0 aromatic carbocycles. The molecule has 0 fully saturated rings. The van der Waals surface area contributed by atoms with Crippen LogP contribution in [0, 0.1) is 5.41 Å². The lowest BCUT2D eigenvalue weighted by atomic mass is 10.2. The molecular formula is C14H28N4O4S2. The molecule has 0 aliphatic rings. The van der Waals surface area contributed by atoms with Crippen LogP contribution < -0.4 is 11.1 Å². The molecule has 8 nitrogen and oxygen atoms in total. The Morgan fingerprint density at radius 2 is 1.42 bits per heavy atom. The molecule has 10 heteroatoms. The minimum absolute atomic E-state index is 0.128. The van der Waals surface area contributed by atoms with Gasteiger partial charge in [-0.25, -0.2) is 9.59 Å². The number of hydrogen-bond acceptors (Lipinski definition) is 7. The molecule has 0 saturated heterocycles. The van der Waals surface area contributed by atoms with Crippen molar-refractivity contribution in [1.29, 1.82) is 5.41 Å². The highest BCUT2D eigenvalue weighted by Crippen LogP contribution is 2.10. The lowest BCUT2D eigenvalue weighted by Crippen LogP contribution is -2.35. The van der Waals surface area contributed by atoms with E-state index in [1.807, 2.05) is 0 Å². The van der Waals surface area contributed by atoms with Crippen LogP contribution in [0.5, 0.6) is 0 Å². The zero-order valence-corrected chi connectivity index (χ0v) is 17.1. The summed E-state index contributed by atoms with van der Waals surface area (Å²) in [5.41, 5.74) is 3.60. The number of aliphatic imine (C=N–C) groups is 1. The van der Waals surface area contributed by atoms with Gasteiger partial charge in [-0.3, -0.25) is 10.7 Å². The molecular weight excluding hydrogens is 352 g/mol. The number of thioether (sulfide) groups is 2. The zero-order valence-electron chi connectivity index (χ0n) is 15.5. The van der Waals surface area contributed by atoms with Crippen LogP contribution in [0.15, 0.2) is 4.99 Å². The second kappa shape index (κ2) is 11.2. The summed E-state index contributed by atoms with van der Waals surface area (Å²) in [6.07, 6.45) is 2.03. The third-order valence-corrected chi connectivity index (χ3v) is 2.63. The van der Waals surface area contributed by atoms with Crippen LogP contribution in [-0.2, 0) is 9.47 Å². The number of ether oxygens (including phenoxy) is 2. The highest BCUT2D eigenvalue weighted by atomic mass is 32.2. The molecule has 0 unspecified atom stereocenters. The van der Waals surface area contributed by atoms with Gasteiger partial charge >= 0.3 is 12.2 Å². The Labute approximate surface area is 152 Å². The lowest BCUT2D eigenvalue weighted by molar-refractivity contribution is 0.0564. The number of amides is 2. The van der Waals surface area contributed by atoms with Crippen molar-refractivity contribution in [3.05, 3.63) is 0 Å². The zero-order chi connectivity index (χ0) is 19.6. The van der Waals surface area contributed by atoms with Crippen molar-refractivity contribution in [2.75, 3.05) is 12.5 Å². The molecule has 0 aromatic rings. The largest absolute Gasteiger partial charge is 0.444 e. The van der Waals surface area contributed by atoms with Gasteiger partial charge in [-0.05, 0) is 54.1 Å². The fourth-order valence-corrected chi connectivity index (χ4v) is 1.23. The van der Waals surface area contributed by atoms with E-state index in [0.29, 0.717) is 0 Å². The van der Waals surface area contributed by atoms with E-state index in [2.05, 4.69) is 10.3 Å². The monoisotopic (exact) mass is 380 g/mol. The Morgan fingerprint density at radius 3 is 1.71 bits per heavy atom. The van der Waals surface area contributed by atoms with E-state index >= 15 is 0 Å². The van der Waals surface area contributed by atoms with Crippen LogP contribution in [0.25, 0.3) is 0 Å². The summed E-state index contributed by atoms with van der Waals surface area (Å²) in [7, 11) is 0. The molecule has 0 spiro atoms. The van der Waals surface area contributed by atoms with Gasteiger partial charge in [0.2, 0.25) is 0 Å². The Morgan fingerprint density at radius 1 is 1.00 bits per heavy atom. The highest BCUT2D eigenvalue weighted by molar-refractivity contribution is 8.13. The van der Waals surface area contributed by atoms with Crippen LogP contribution >= 0.6 is 23.5 Å². The van der Waals surface area contributed by atoms with Crippen LogP contribution in [-0.4, -0.2) is 46.2 Å². The Kier molecular flexibility index (Phi) is 11.6. The number of amidine groups is 2. The molecule has 0 rings (SSSR count). The van der Waals surface area contributed by atoms with Gasteiger partial charge in [0.15, 0.2) is 10.3 Å². The van der Waals surface area contributed by atoms with Crippen LogP contribution in [0.1, 0.15) is 41.5 Å². The summed E-state index contributed by atoms with van der Waals surface area (Å²) in [6, 6.07) is 0. The smallest absolute Gasteiger partial charge is 0.436 e. The molecule has 4 N–H and O–H groups in total. The summed E-state index contributed by atoms with van der Waals surface area (Å²) < 4.78 is 10.1. The molecule has 2 amide bonds. The predicted molar refractivity (Wildman–Crippen MR) is 102 cm³/mol. The van der Waals surface area contributed by atoms with Gasteiger partial charge in [-0.1, -0.05) is 23.5 Å². The highest BCUT2D eigenvalue weighted by Gasteiger charge is 2.19. The fourth-order valence-electron chi connectivity index (χ4n) is 0.883. The van der Waals surface area contributed by atoms with E-state index in [1.54, 1.807) is 54.1 Å². The number of nitrogens with two attached hydrogens (primary N) is 1. The van der Waals surface area contributed by atoms with E-state index in [1.165, 1.54) is 11.8 Å². The first-order chi connectivity index (χ1) is 10.7. The number of nitrogens with zero attached hydrogens (tertiary/aromatic N) is 1. The number of alkyl carbamates (subject to hydrolysis) is 1. The first kappa shape index (κ1) is 24.8. The van der Waals surface area contributed by atoms with Crippen molar-refractivity contribution in [1.82, 2.24) is 5.32 Å². The number of hydrogen-bond donors (Lipinski definition) is 3. The van der Waals surface area contributed by atoms with Gasteiger partial charge in [0.1, 0.15) is 11.2 Å². The van der Waals surface area contributed by atoms with E-state index in [4.69, 9.17) is 20.6 Å². The molecule has 0 aromatic heterocycles. The Balaban J connectivity index is 0. The standard InChI is InChI=1S/C12H22N2O4S.C2H6N2S/c1-11(2,3)17-9(15)13-8(19-7)14-10(16)18-12(4,5)6;1-5-2(3)4/h1-7H3,(H,13,14,15,16);1H3,(H3,3,4). The topological polar surface area (TPSA) is 127 Å². The van der Waals surface area contributed by atoms with Gasteiger partial charge in [-0.2, -0.15) is 4.99 Å². The molecule has 0 aliphatic heterocycles. The second-order valence-corrected chi connectivity index (χ2v) is 7.94. The molecule has 0 atom stereocenters. The number of carbonyl (C=O) groups is 2. The molecule has 0 radical (unpaired) electrons. The van der Waals surface area contributed by atoms with Gasteiger partial charge < -0.3 is 15.2 Å². The van der Waals surface area contributed by atoms with E-state index in [-0.39, 0.29) is 10.3 Å². The van der Waals surface area contributed by atoms with Crippen LogP contribution in [0.2, 0.25) is 0 Å². The molecule has 0 bridgehead atoms. The SMILES string of the molecule is CSC(=N)N.CSC(=NC(=O)OC(C)(C)C)NC(=O)OC(C)(C)C. The summed E-state index contributed by atoms with van der Waals surface area (Å²) in [6.45, 7) is 10.4. The third-order valence-electron chi connectivity index (χ3n) is 1.61. The molecule has 0 heterocycles. The van der Waals surface area contributed by atoms with Crippen molar-refractivity contribution in [3.63, 3.8) is 0 Å². The summed E-state index contributed by atoms with van der Waals surface area (Å²) in [5, 5.41) is 9.17. The van der Waals surface area contributed by atoms with E-state index in [9.17, 15) is 9.59 Å². The van der Waals surface area contributed by atoms with Crippen molar-refractivity contribution >= 4 is 46.0 Å². The van der Waals surface area contributed by atoms with E-state index < -0.39 is 23.4 Å². The van der Waals surface area contributed by atoms with Gasteiger partial charge in [0.25, 0.3) is 0 Å². The average Bonchev–Trinajstić information content (AvgIpc) is 2.33. The molecule has 0 aliphatic carbocycles. The molecule has 24 heavy (non-hydrogen) atoms. The van der Waals surface area contributed by atoms with Gasteiger partial charge in [0.05, 0.1) is 0 Å². The van der Waals surface area contributed by atoms with Crippen molar-refractivity contribution in [2.24, 2.45) is 10.7 Å². The first-order valence-electron chi connectivity index (χ1n) is 6.94. The normalized spacial score (nSPS) is 11.8. The lowest BCUT2D eigenvalue weighted by Gasteiger charge is -2.20. The minimum atomic E-state index is -0.757. The second-order valence-electron chi connectivity index (χ2n) is 6.30. The van der Waals surface area contributed by atoms with Gasteiger partial charge in [0, 0.05) is 0 Å². The van der Waals surface area contributed by atoms with Crippen LogP contribution in [0.3, 0.4) is 0 Å². The fraction of sp³-hybridized carbons (Fsp3) is 0.714. The average molecular weight is 381 g/mol. The van der Waals surface area contributed by atoms with Crippen molar-refractivity contribution in [2.45, 2.75) is 52.7 Å². The quantitative estimate of drug-likeness (QED) is 0.434. The third kappa shape index (κ3) is 18.6. The summed E-state index contributed by atoms with van der Waals surface area (Å²) in [5.74, 6) is 0. The number of rotatable bonds is 0. The van der Waals surface area contributed by atoms with Crippen molar-refractivity contribution < 1.29 is 19.1 Å². The predicted octanol–water partition coefficient (Wildman–Crippen LogP) is 3.41. The Hall–Kier alpha value is -1.42.